The standard InChI is InChI=1S/C27H34BNO7/c1-25(2,3)34-24(32)29-21(23(30)31)16-19-15-20(28-35-26(4,5)27(6,7)36-28)13-14-22(19)33-17-18-11-9-8-10-12-18/h8-16H,17H2,1-7H3,(H,29,32)(H,30,31). The van der Waals surface area contributed by atoms with Crippen LogP contribution in [0.4, 0.5) is 4.79 Å². The molecule has 1 aliphatic rings. The van der Waals surface area contributed by atoms with E-state index in [-0.39, 0.29) is 12.3 Å². The highest BCUT2D eigenvalue weighted by Gasteiger charge is 2.51. The molecule has 0 bridgehead atoms. The first-order chi connectivity index (χ1) is 16.7. The van der Waals surface area contributed by atoms with E-state index in [9.17, 15) is 14.7 Å². The molecule has 36 heavy (non-hydrogen) atoms. The lowest BCUT2D eigenvalue weighted by Gasteiger charge is -2.32. The number of carbonyl (C=O) groups excluding carboxylic acids is 1. The molecule has 2 aromatic rings. The number of carbonyl (C=O) groups is 2. The molecule has 9 heteroatoms. The average Bonchev–Trinajstić information content (AvgIpc) is 2.98. The van der Waals surface area contributed by atoms with Crippen molar-refractivity contribution in [2.75, 3.05) is 0 Å². The van der Waals surface area contributed by atoms with Crippen LogP contribution in [0.3, 0.4) is 0 Å². The van der Waals surface area contributed by atoms with Gasteiger partial charge in [0.15, 0.2) is 0 Å². The summed E-state index contributed by atoms with van der Waals surface area (Å²) in [5.41, 5.74) is -0.149. The van der Waals surface area contributed by atoms with Gasteiger partial charge in [-0.25, -0.2) is 9.59 Å². The number of carboxylic acid groups (broad SMARTS) is 1. The molecule has 1 heterocycles. The molecule has 192 valence electrons. The van der Waals surface area contributed by atoms with E-state index in [1.54, 1.807) is 32.9 Å². The number of nitrogens with one attached hydrogen (secondary N) is 1. The molecule has 8 nitrogen and oxygen atoms in total. The van der Waals surface area contributed by atoms with Gasteiger partial charge in [-0.1, -0.05) is 42.5 Å². The van der Waals surface area contributed by atoms with Crippen LogP contribution in [-0.4, -0.2) is 41.1 Å². The number of rotatable bonds is 7. The van der Waals surface area contributed by atoms with Crippen LogP contribution in [0, 0.1) is 0 Å². The summed E-state index contributed by atoms with van der Waals surface area (Å²) in [6.45, 7) is 13.2. The fourth-order valence-corrected chi connectivity index (χ4v) is 3.39. The molecule has 0 unspecified atom stereocenters. The first-order valence-electron chi connectivity index (χ1n) is 11.8. The smallest absolute Gasteiger partial charge is 0.488 e. The fraction of sp³-hybridized carbons (Fsp3) is 0.407. The molecule has 0 aliphatic carbocycles. The van der Waals surface area contributed by atoms with Crippen LogP contribution in [0.2, 0.25) is 0 Å². The number of hydrogen-bond donors (Lipinski definition) is 2. The quantitative estimate of drug-likeness (QED) is 0.430. The number of amides is 1. The normalized spacial score (nSPS) is 17.0. The summed E-state index contributed by atoms with van der Waals surface area (Å²) in [4.78, 5) is 24.2. The summed E-state index contributed by atoms with van der Waals surface area (Å²) < 4.78 is 23.6. The van der Waals surface area contributed by atoms with Gasteiger partial charge in [-0.15, -0.1) is 0 Å². The van der Waals surface area contributed by atoms with Crippen molar-refractivity contribution in [1.82, 2.24) is 5.32 Å². The minimum atomic E-state index is -1.32. The van der Waals surface area contributed by atoms with Crippen LogP contribution < -0.4 is 15.5 Å². The van der Waals surface area contributed by atoms with Crippen LogP contribution in [-0.2, 0) is 25.4 Å². The summed E-state index contributed by atoms with van der Waals surface area (Å²) in [5.74, 6) is -0.889. The van der Waals surface area contributed by atoms with Crippen LogP contribution in [0.1, 0.15) is 59.6 Å². The van der Waals surface area contributed by atoms with Crippen LogP contribution in [0.15, 0.2) is 54.2 Å². The van der Waals surface area contributed by atoms with Gasteiger partial charge < -0.3 is 23.9 Å². The van der Waals surface area contributed by atoms with E-state index in [0.717, 1.165) is 5.56 Å². The highest BCUT2D eigenvalue weighted by Crippen LogP contribution is 2.37. The lowest BCUT2D eigenvalue weighted by atomic mass is 9.78. The largest absolute Gasteiger partial charge is 0.494 e. The predicted molar refractivity (Wildman–Crippen MR) is 138 cm³/mol. The highest BCUT2D eigenvalue weighted by molar-refractivity contribution is 6.62. The maximum atomic E-state index is 12.3. The second-order valence-corrected chi connectivity index (χ2v) is 10.6. The van der Waals surface area contributed by atoms with Gasteiger partial charge in [-0.2, -0.15) is 0 Å². The van der Waals surface area contributed by atoms with E-state index in [1.165, 1.54) is 6.08 Å². The zero-order valence-corrected chi connectivity index (χ0v) is 21.9. The van der Waals surface area contributed by atoms with Crippen molar-refractivity contribution in [2.24, 2.45) is 0 Å². The third-order valence-corrected chi connectivity index (χ3v) is 5.96. The number of hydrogen-bond acceptors (Lipinski definition) is 6. The molecule has 0 spiro atoms. The number of benzene rings is 2. The van der Waals surface area contributed by atoms with Crippen LogP contribution in [0.5, 0.6) is 5.75 Å². The van der Waals surface area contributed by atoms with Crippen molar-refractivity contribution < 1.29 is 33.5 Å². The molecule has 3 rings (SSSR count). The number of ether oxygens (including phenoxy) is 2. The van der Waals surface area contributed by atoms with Gasteiger partial charge in [0, 0.05) is 5.56 Å². The summed E-state index contributed by atoms with van der Waals surface area (Å²) >= 11 is 0. The van der Waals surface area contributed by atoms with Crippen molar-refractivity contribution in [3.8, 4) is 5.75 Å². The predicted octanol–water partition coefficient (Wildman–Crippen LogP) is 4.52. The SMILES string of the molecule is CC(C)(C)OC(=O)NC(=Cc1cc(B2OC(C)(C)C(C)(C)O2)ccc1OCc1ccccc1)C(=O)O. The molecule has 1 amide bonds. The molecule has 1 fully saturated rings. The summed E-state index contributed by atoms with van der Waals surface area (Å²) in [6, 6.07) is 14.9. The van der Waals surface area contributed by atoms with Crippen LogP contribution >= 0.6 is 0 Å². The minimum Gasteiger partial charge on any atom is -0.488 e. The third-order valence-electron chi connectivity index (χ3n) is 5.96. The summed E-state index contributed by atoms with van der Waals surface area (Å²) in [5, 5.41) is 12.1. The van der Waals surface area contributed by atoms with Gasteiger partial charge in [0.05, 0.1) is 11.2 Å². The molecule has 0 radical (unpaired) electrons. The molecular formula is C27H34BNO7. The Labute approximate surface area is 212 Å². The van der Waals surface area contributed by atoms with E-state index >= 15 is 0 Å². The highest BCUT2D eigenvalue weighted by atomic mass is 16.7. The van der Waals surface area contributed by atoms with Gasteiger partial charge >= 0.3 is 19.2 Å². The zero-order valence-electron chi connectivity index (χ0n) is 21.9. The molecular weight excluding hydrogens is 461 g/mol. The Morgan fingerprint density at radius 3 is 2.19 bits per heavy atom. The van der Waals surface area contributed by atoms with E-state index in [1.807, 2.05) is 64.1 Å². The van der Waals surface area contributed by atoms with Crippen molar-refractivity contribution in [2.45, 2.75) is 71.9 Å². The number of carboxylic acids is 1. The average molecular weight is 495 g/mol. The van der Waals surface area contributed by atoms with Gasteiger partial charge in [-0.05, 0) is 71.6 Å². The third kappa shape index (κ3) is 6.89. The Morgan fingerprint density at radius 1 is 1.03 bits per heavy atom. The molecule has 0 aromatic heterocycles. The molecule has 0 atom stereocenters. The van der Waals surface area contributed by atoms with Crippen LogP contribution in [0.25, 0.3) is 6.08 Å². The van der Waals surface area contributed by atoms with Gasteiger partial charge in [0.25, 0.3) is 0 Å². The maximum absolute atomic E-state index is 12.3. The molecule has 1 aliphatic heterocycles. The zero-order chi connectivity index (χ0) is 26.7. The minimum absolute atomic E-state index is 0.277. The summed E-state index contributed by atoms with van der Waals surface area (Å²) in [6.07, 6.45) is 0.464. The summed E-state index contributed by atoms with van der Waals surface area (Å²) in [7, 11) is -0.655. The second kappa shape index (κ2) is 10.4. The Kier molecular flexibility index (Phi) is 7.86. The van der Waals surface area contributed by atoms with E-state index in [4.69, 9.17) is 18.8 Å². The van der Waals surface area contributed by atoms with E-state index in [2.05, 4.69) is 5.32 Å². The monoisotopic (exact) mass is 495 g/mol. The molecule has 2 N–H and O–H groups in total. The Hall–Kier alpha value is -3.30. The van der Waals surface area contributed by atoms with Crippen molar-refractivity contribution >= 4 is 30.7 Å². The Bertz CT molecular complexity index is 1120. The Morgan fingerprint density at radius 2 is 1.64 bits per heavy atom. The lowest BCUT2D eigenvalue weighted by molar-refractivity contribution is -0.133. The first-order valence-corrected chi connectivity index (χ1v) is 11.8. The molecule has 0 saturated carbocycles. The first kappa shape index (κ1) is 27.3. The van der Waals surface area contributed by atoms with Crippen molar-refractivity contribution in [1.29, 1.82) is 0 Å². The van der Waals surface area contributed by atoms with E-state index < -0.39 is 36.0 Å². The number of alkyl carbamates (subject to hydrolysis) is 1. The molecule has 2 aromatic carbocycles. The van der Waals surface area contributed by atoms with Gasteiger partial charge in [0.2, 0.25) is 0 Å². The number of aliphatic carboxylic acids is 1. The second-order valence-electron chi connectivity index (χ2n) is 10.6. The van der Waals surface area contributed by atoms with Crippen molar-refractivity contribution in [3.05, 3.63) is 65.4 Å². The van der Waals surface area contributed by atoms with Gasteiger partial charge in [-0.3, -0.25) is 5.32 Å². The molecule has 1 saturated heterocycles. The van der Waals surface area contributed by atoms with Crippen molar-refractivity contribution in [3.63, 3.8) is 0 Å². The van der Waals surface area contributed by atoms with E-state index in [0.29, 0.717) is 16.8 Å². The topological polar surface area (TPSA) is 103 Å². The van der Waals surface area contributed by atoms with Gasteiger partial charge in [0.1, 0.15) is 23.7 Å². The maximum Gasteiger partial charge on any atom is 0.494 e. The fourth-order valence-electron chi connectivity index (χ4n) is 3.39. The lowest BCUT2D eigenvalue weighted by Crippen LogP contribution is -2.41. The Balaban J connectivity index is 1.97.